The Balaban J connectivity index is 1.64. The number of benzene rings is 2. The Hall–Kier alpha value is -2.53. The van der Waals surface area contributed by atoms with Crippen LogP contribution in [0.2, 0.25) is 0 Å². The minimum absolute atomic E-state index is 0.444. The first-order valence-corrected chi connectivity index (χ1v) is 8.91. The minimum Gasteiger partial charge on any atom is -0.497 e. The number of fused-ring (bicyclic) bond motifs is 1. The summed E-state index contributed by atoms with van der Waals surface area (Å²) in [5.74, 6) is 1.60. The van der Waals surface area contributed by atoms with Gasteiger partial charge in [-0.2, -0.15) is 0 Å². The van der Waals surface area contributed by atoms with E-state index in [1.165, 1.54) is 5.56 Å². The van der Waals surface area contributed by atoms with Crippen LogP contribution in [0.5, 0.6) is 5.75 Å². The lowest BCUT2D eigenvalue weighted by atomic mass is 9.96. The van der Waals surface area contributed by atoms with Crippen LogP contribution in [0, 0.1) is 0 Å². The summed E-state index contributed by atoms with van der Waals surface area (Å²) in [5.41, 5.74) is 2.55. The first kappa shape index (κ1) is 18.3. The summed E-state index contributed by atoms with van der Waals surface area (Å²) in [7, 11) is 5.42. The highest BCUT2D eigenvalue weighted by atomic mass is 16.5. The zero-order chi connectivity index (χ0) is 18.6. The van der Waals surface area contributed by atoms with Gasteiger partial charge in [-0.15, -0.1) is 0 Å². The second kappa shape index (κ2) is 7.79. The van der Waals surface area contributed by atoms with Gasteiger partial charge in [0.2, 0.25) is 0 Å². The largest absolute Gasteiger partial charge is 0.497 e. The first-order valence-electron chi connectivity index (χ1n) is 8.91. The van der Waals surface area contributed by atoms with Gasteiger partial charge < -0.3 is 20.1 Å². The molecule has 138 valence electrons. The third kappa shape index (κ3) is 3.83. The summed E-state index contributed by atoms with van der Waals surface area (Å²) in [5, 5.41) is 14.4. The number of nitrogens with zero attached hydrogens (tertiary/aromatic N) is 2. The van der Waals surface area contributed by atoms with E-state index in [0.29, 0.717) is 13.1 Å². The first-order chi connectivity index (χ1) is 12.6. The minimum atomic E-state index is -0.844. The van der Waals surface area contributed by atoms with Gasteiger partial charge in [-0.25, -0.2) is 0 Å². The van der Waals surface area contributed by atoms with Gasteiger partial charge in [-0.1, -0.05) is 36.4 Å². The lowest BCUT2D eigenvalue weighted by molar-refractivity contribution is 0.0427. The number of aryl methyl sites for hydroxylation is 1. The molecule has 0 aromatic heterocycles. The molecular weight excluding hydrogens is 326 g/mol. The number of guanidine groups is 1. The van der Waals surface area contributed by atoms with Crippen LogP contribution >= 0.6 is 0 Å². The van der Waals surface area contributed by atoms with Gasteiger partial charge in [0, 0.05) is 20.6 Å². The molecule has 0 spiro atoms. The third-order valence-electron chi connectivity index (χ3n) is 4.99. The fraction of sp³-hybridized carbons (Fsp3) is 0.381. The van der Waals surface area contributed by atoms with Gasteiger partial charge >= 0.3 is 0 Å². The van der Waals surface area contributed by atoms with Gasteiger partial charge in [-0.3, -0.25) is 4.99 Å². The quantitative estimate of drug-likeness (QED) is 0.641. The van der Waals surface area contributed by atoms with Gasteiger partial charge in [0.1, 0.15) is 11.4 Å². The summed E-state index contributed by atoms with van der Waals surface area (Å²) >= 11 is 0. The summed E-state index contributed by atoms with van der Waals surface area (Å²) in [6, 6.07) is 16.1. The molecule has 1 aliphatic rings. The maximum atomic E-state index is 11.1. The number of rotatable bonds is 5. The number of aliphatic hydroxyl groups is 1. The number of methoxy groups -OCH3 is 1. The lowest BCUT2D eigenvalue weighted by Gasteiger charge is -2.28. The molecule has 0 aliphatic heterocycles. The second-order valence-electron chi connectivity index (χ2n) is 6.80. The molecule has 0 saturated carbocycles. The Morgan fingerprint density at radius 1 is 1.27 bits per heavy atom. The van der Waals surface area contributed by atoms with Crippen LogP contribution in [0.25, 0.3) is 0 Å². The van der Waals surface area contributed by atoms with Gasteiger partial charge in [0.15, 0.2) is 5.96 Å². The Morgan fingerprint density at radius 3 is 2.85 bits per heavy atom. The van der Waals surface area contributed by atoms with Crippen molar-refractivity contribution in [1.29, 1.82) is 0 Å². The number of hydrogen-bond acceptors (Lipinski definition) is 3. The van der Waals surface area contributed by atoms with Crippen molar-refractivity contribution in [3.63, 3.8) is 0 Å². The molecular formula is C21H27N3O2. The van der Waals surface area contributed by atoms with Crippen molar-refractivity contribution in [3.05, 3.63) is 65.2 Å². The van der Waals surface area contributed by atoms with Crippen molar-refractivity contribution in [3.8, 4) is 5.75 Å². The molecule has 2 aromatic carbocycles. The van der Waals surface area contributed by atoms with Gasteiger partial charge in [0.25, 0.3) is 0 Å². The van der Waals surface area contributed by atoms with Crippen LogP contribution in [0.3, 0.4) is 0 Å². The van der Waals surface area contributed by atoms with Crippen molar-refractivity contribution in [1.82, 2.24) is 10.2 Å². The molecule has 3 rings (SSSR count). The topological polar surface area (TPSA) is 57.1 Å². The zero-order valence-electron chi connectivity index (χ0n) is 15.7. The molecule has 0 heterocycles. The Morgan fingerprint density at radius 2 is 2.08 bits per heavy atom. The number of aliphatic imine (C=N–C) groups is 1. The highest BCUT2D eigenvalue weighted by Gasteiger charge is 2.36. The molecule has 1 aliphatic carbocycles. The monoisotopic (exact) mass is 353 g/mol. The smallest absolute Gasteiger partial charge is 0.193 e. The van der Waals surface area contributed by atoms with E-state index in [9.17, 15) is 5.11 Å². The summed E-state index contributed by atoms with van der Waals surface area (Å²) < 4.78 is 5.29. The van der Waals surface area contributed by atoms with E-state index in [1.54, 1.807) is 14.2 Å². The molecule has 26 heavy (non-hydrogen) atoms. The molecule has 5 nitrogen and oxygen atoms in total. The molecule has 1 atom stereocenters. The van der Waals surface area contributed by atoms with Crippen LogP contribution in [-0.2, 0) is 18.6 Å². The van der Waals surface area contributed by atoms with Crippen LogP contribution in [0.4, 0.5) is 0 Å². The molecule has 0 bridgehead atoms. The van der Waals surface area contributed by atoms with Gasteiger partial charge in [0.05, 0.1) is 13.7 Å². The van der Waals surface area contributed by atoms with Crippen molar-refractivity contribution in [2.45, 2.75) is 25.0 Å². The fourth-order valence-electron chi connectivity index (χ4n) is 3.58. The van der Waals surface area contributed by atoms with Crippen LogP contribution in [0.15, 0.2) is 53.5 Å². The Labute approximate surface area is 155 Å². The van der Waals surface area contributed by atoms with Crippen molar-refractivity contribution in [2.75, 3.05) is 27.7 Å². The van der Waals surface area contributed by atoms with Crippen LogP contribution in [0.1, 0.15) is 23.1 Å². The average molecular weight is 353 g/mol. The second-order valence-corrected chi connectivity index (χ2v) is 6.80. The van der Waals surface area contributed by atoms with E-state index in [-0.39, 0.29) is 0 Å². The normalized spacial score (nSPS) is 19.2. The average Bonchev–Trinajstić information content (AvgIpc) is 3.00. The van der Waals surface area contributed by atoms with E-state index in [1.807, 2.05) is 48.3 Å². The number of nitrogens with one attached hydrogen (secondary N) is 1. The summed E-state index contributed by atoms with van der Waals surface area (Å²) in [6.45, 7) is 1.14. The summed E-state index contributed by atoms with van der Waals surface area (Å²) in [4.78, 5) is 6.40. The predicted octanol–water partition coefficient (Wildman–Crippen LogP) is 2.54. The molecule has 2 aromatic rings. The number of hydrogen-bond donors (Lipinski definition) is 2. The van der Waals surface area contributed by atoms with Gasteiger partial charge in [-0.05, 0) is 41.7 Å². The predicted molar refractivity (Wildman–Crippen MR) is 104 cm³/mol. The SMILES string of the molecule is CN=C(NCC1(O)CCc2ccccc21)N(C)Cc1cccc(OC)c1. The molecule has 1 unspecified atom stereocenters. The molecule has 0 fully saturated rings. The van der Waals surface area contributed by atoms with Crippen molar-refractivity contribution in [2.24, 2.45) is 4.99 Å². The molecule has 0 radical (unpaired) electrons. The van der Waals surface area contributed by atoms with Crippen LogP contribution in [-0.4, -0.2) is 43.7 Å². The highest BCUT2D eigenvalue weighted by molar-refractivity contribution is 5.79. The van der Waals surface area contributed by atoms with E-state index in [2.05, 4.69) is 22.4 Å². The Kier molecular flexibility index (Phi) is 5.47. The van der Waals surface area contributed by atoms with E-state index in [0.717, 1.165) is 35.7 Å². The van der Waals surface area contributed by atoms with E-state index >= 15 is 0 Å². The van der Waals surface area contributed by atoms with Crippen LogP contribution < -0.4 is 10.1 Å². The maximum absolute atomic E-state index is 11.1. The molecule has 0 amide bonds. The standard InChI is InChI=1S/C21H27N3O2/c1-22-20(24(2)14-16-7-6-9-18(13-16)26-3)23-15-21(25)12-11-17-8-4-5-10-19(17)21/h4-10,13,25H,11-12,14-15H2,1-3H3,(H,22,23). The summed E-state index contributed by atoms with van der Waals surface area (Å²) in [6.07, 6.45) is 1.64. The lowest BCUT2D eigenvalue weighted by Crippen LogP contribution is -2.45. The number of ether oxygens (including phenoxy) is 1. The molecule has 2 N–H and O–H groups in total. The molecule has 0 saturated heterocycles. The maximum Gasteiger partial charge on any atom is 0.193 e. The fourth-order valence-corrected chi connectivity index (χ4v) is 3.58. The highest BCUT2D eigenvalue weighted by Crippen LogP contribution is 2.36. The van der Waals surface area contributed by atoms with Crippen molar-refractivity contribution >= 4 is 5.96 Å². The molecule has 5 heteroatoms. The third-order valence-corrected chi connectivity index (χ3v) is 4.99. The zero-order valence-corrected chi connectivity index (χ0v) is 15.7. The Bertz CT molecular complexity index is 790. The van der Waals surface area contributed by atoms with E-state index in [4.69, 9.17) is 4.74 Å². The van der Waals surface area contributed by atoms with E-state index < -0.39 is 5.60 Å². The van der Waals surface area contributed by atoms with Crippen molar-refractivity contribution < 1.29 is 9.84 Å².